The minimum Gasteiger partial charge on any atom is -0.507 e. The predicted octanol–water partition coefficient (Wildman–Crippen LogP) is 5.24. The van der Waals surface area contributed by atoms with E-state index in [1.807, 2.05) is 24.3 Å². The van der Waals surface area contributed by atoms with Crippen LogP contribution in [0.4, 0.5) is 5.69 Å². The van der Waals surface area contributed by atoms with Crippen molar-refractivity contribution in [1.29, 1.82) is 0 Å². The number of nitro groups is 1. The summed E-state index contributed by atoms with van der Waals surface area (Å²) in [6.07, 6.45) is 0. The van der Waals surface area contributed by atoms with E-state index in [4.69, 9.17) is 9.47 Å². The Hall–Kier alpha value is -4.66. The molecule has 1 fully saturated rings. The number of aliphatic hydroxyl groups excluding tert-OH is 1. The Bertz CT molecular complexity index is 1470. The van der Waals surface area contributed by atoms with Crippen LogP contribution in [0.1, 0.15) is 49.1 Å². The number of amides is 1. The molecule has 9 nitrogen and oxygen atoms in total. The third kappa shape index (κ3) is 4.47. The zero-order chi connectivity index (χ0) is 27.2. The molecule has 194 valence electrons. The SMILES string of the molecule is CC(C)(C)c1ccc(C2/C(=C(\O)c3ccc([N+](=O)[O-])cc3)C(=O)C(=O)N2Cc2ccc3c(c2)OCO3)cc1. The van der Waals surface area contributed by atoms with Gasteiger partial charge in [0.2, 0.25) is 6.79 Å². The molecule has 1 N–H and O–H groups in total. The summed E-state index contributed by atoms with van der Waals surface area (Å²) >= 11 is 0. The summed E-state index contributed by atoms with van der Waals surface area (Å²) in [5.74, 6) is -0.821. The number of hydrogen-bond acceptors (Lipinski definition) is 7. The molecule has 2 aliphatic rings. The molecule has 0 bridgehead atoms. The van der Waals surface area contributed by atoms with E-state index >= 15 is 0 Å². The Morgan fingerprint density at radius 3 is 2.29 bits per heavy atom. The van der Waals surface area contributed by atoms with E-state index < -0.39 is 28.4 Å². The molecule has 1 unspecified atom stereocenters. The molecule has 0 radical (unpaired) electrons. The van der Waals surface area contributed by atoms with Crippen LogP contribution in [0.25, 0.3) is 5.76 Å². The predicted molar refractivity (Wildman–Crippen MR) is 139 cm³/mol. The van der Waals surface area contributed by atoms with Crippen molar-refractivity contribution >= 4 is 23.1 Å². The Kier molecular flexibility index (Phi) is 6.14. The largest absolute Gasteiger partial charge is 0.507 e. The van der Waals surface area contributed by atoms with Gasteiger partial charge in [-0.1, -0.05) is 51.1 Å². The number of carbonyl (C=O) groups is 2. The van der Waals surface area contributed by atoms with Crippen LogP contribution in [0.2, 0.25) is 0 Å². The summed E-state index contributed by atoms with van der Waals surface area (Å²) in [7, 11) is 0. The maximum atomic E-state index is 13.3. The number of fused-ring (bicyclic) bond motifs is 1. The van der Waals surface area contributed by atoms with Crippen molar-refractivity contribution in [3.63, 3.8) is 0 Å². The van der Waals surface area contributed by atoms with Gasteiger partial charge in [-0.05, 0) is 46.4 Å². The van der Waals surface area contributed by atoms with Gasteiger partial charge in [0.1, 0.15) is 5.76 Å². The molecule has 0 saturated carbocycles. The van der Waals surface area contributed by atoms with E-state index in [9.17, 15) is 24.8 Å². The van der Waals surface area contributed by atoms with Crippen molar-refractivity contribution in [2.75, 3.05) is 6.79 Å². The van der Waals surface area contributed by atoms with Crippen molar-refractivity contribution < 1.29 is 29.1 Å². The molecule has 1 amide bonds. The average molecular weight is 515 g/mol. The molecular weight excluding hydrogens is 488 g/mol. The molecule has 2 heterocycles. The summed E-state index contributed by atoms with van der Waals surface area (Å²) in [5, 5.41) is 22.3. The molecule has 1 atom stereocenters. The number of non-ortho nitro benzene ring substituents is 1. The van der Waals surface area contributed by atoms with E-state index in [0.717, 1.165) is 11.1 Å². The fourth-order valence-electron chi connectivity index (χ4n) is 4.69. The third-order valence-electron chi connectivity index (χ3n) is 6.77. The molecule has 38 heavy (non-hydrogen) atoms. The Morgan fingerprint density at radius 2 is 1.66 bits per heavy atom. The maximum absolute atomic E-state index is 13.3. The van der Waals surface area contributed by atoms with Gasteiger partial charge in [-0.3, -0.25) is 19.7 Å². The van der Waals surface area contributed by atoms with Gasteiger partial charge in [-0.15, -0.1) is 0 Å². The fourth-order valence-corrected chi connectivity index (χ4v) is 4.69. The fraction of sp³-hybridized carbons (Fsp3) is 0.241. The zero-order valence-electron chi connectivity index (χ0n) is 21.1. The van der Waals surface area contributed by atoms with Gasteiger partial charge in [0.25, 0.3) is 17.4 Å². The second kappa shape index (κ2) is 9.33. The van der Waals surface area contributed by atoms with Gasteiger partial charge in [0.15, 0.2) is 11.5 Å². The van der Waals surface area contributed by atoms with Crippen LogP contribution in [0.15, 0.2) is 72.3 Å². The van der Waals surface area contributed by atoms with Gasteiger partial charge >= 0.3 is 0 Å². The Labute approximate surface area is 219 Å². The number of nitro benzene ring substituents is 1. The molecule has 5 rings (SSSR count). The van der Waals surface area contributed by atoms with Crippen molar-refractivity contribution in [3.05, 3.63) is 105 Å². The van der Waals surface area contributed by atoms with Gasteiger partial charge < -0.3 is 19.5 Å². The molecule has 0 aliphatic carbocycles. The van der Waals surface area contributed by atoms with Crippen LogP contribution in [-0.2, 0) is 21.5 Å². The van der Waals surface area contributed by atoms with Crippen LogP contribution >= 0.6 is 0 Å². The number of ether oxygens (including phenoxy) is 2. The highest BCUT2D eigenvalue weighted by atomic mass is 16.7. The highest BCUT2D eigenvalue weighted by molar-refractivity contribution is 6.46. The van der Waals surface area contributed by atoms with Crippen molar-refractivity contribution in [2.45, 2.75) is 38.8 Å². The standard InChI is InChI=1S/C29H26N2O7/c1-29(2,3)20-9-5-18(6-10-20)25-24(26(32)19-7-11-21(12-8-19)31(35)36)27(33)28(34)30(25)15-17-4-13-22-23(14-17)38-16-37-22/h4-14,25,32H,15-16H2,1-3H3/b26-24+. The van der Waals surface area contributed by atoms with Gasteiger partial charge in [-0.25, -0.2) is 0 Å². The second-order valence-corrected chi connectivity index (χ2v) is 10.3. The Morgan fingerprint density at radius 1 is 1.00 bits per heavy atom. The number of rotatable bonds is 5. The lowest BCUT2D eigenvalue weighted by Gasteiger charge is -2.26. The Balaban J connectivity index is 1.60. The quantitative estimate of drug-likeness (QED) is 0.163. The lowest BCUT2D eigenvalue weighted by Crippen LogP contribution is -2.29. The summed E-state index contributed by atoms with van der Waals surface area (Å²) in [6, 6.07) is 17.2. The van der Waals surface area contributed by atoms with Gasteiger partial charge in [0, 0.05) is 24.2 Å². The minimum absolute atomic E-state index is 0.0758. The van der Waals surface area contributed by atoms with Crippen LogP contribution in [0, 0.1) is 10.1 Å². The minimum atomic E-state index is -0.871. The lowest BCUT2D eigenvalue weighted by molar-refractivity contribution is -0.384. The van der Waals surface area contributed by atoms with Crippen LogP contribution in [0.5, 0.6) is 11.5 Å². The number of benzene rings is 3. The number of nitrogens with zero attached hydrogens (tertiary/aromatic N) is 2. The number of carbonyl (C=O) groups excluding carboxylic acids is 2. The molecular formula is C29H26N2O7. The molecule has 1 saturated heterocycles. The second-order valence-electron chi connectivity index (χ2n) is 10.3. The molecule has 9 heteroatoms. The molecule has 3 aromatic carbocycles. The molecule has 2 aliphatic heterocycles. The number of likely N-dealkylation sites (tertiary alicyclic amines) is 1. The van der Waals surface area contributed by atoms with Crippen LogP contribution in [-0.4, -0.2) is 33.4 Å². The van der Waals surface area contributed by atoms with Crippen molar-refractivity contribution in [2.24, 2.45) is 0 Å². The van der Waals surface area contributed by atoms with Crippen LogP contribution < -0.4 is 9.47 Å². The monoisotopic (exact) mass is 514 g/mol. The number of Topliss-reactive ketones (excluding diaryl/α,β-unsaturated/α-hetero) is 1. The summed E-state index contributed by atoms with van der Waals surface area (Å²) in [4.78, 5) is 38.6. The molecule has 0 spiro atoms. The normalized spacial score (nSPS) is 18.2. The van der Waals surface area contributed by atoms with E-state index in [-0.39, 0.29) is 35.6 Å². The summed E-state index contributed by atoms with van der Waals surface area (Å²) < 4.78 is 10.8. The smallest absolute Gasteiger partial charge is 0.295 e. The zero-order valence-corrected chi connectivity index (χ0v) is 21.1. The average Bonchev–Trinajstić information content (AvgIpc) is 3.46. The maximum Gasteiger partial charge on any atom is 0.295 e. The summed E-state index contributed by atoms with van der Waals surface area (Å²) in [6.45, 7) is 6.45. The highest BCUT2D eigenvalue weighted by Crippen LogP contribution is 2.42. The van der Waals surface area contributed by atoms with E-state index in [0.29, 0.717) is 17.1 Å². The van der Waals surface area contributed by atoms with E-state index in [1.165, 1.54) is 29.2 Å². The topological polar surface area (TPSA) is 119 Å². The van der Waals surface area contributed by atoms with E-state index in [2.05, 4.69) is 20.8 Å². The third-order valence-corrected chi connectivity index (χ3v) is 6.77. The molecule has 3 aromatic rings. The van der Waals surface area contributed by atoms with Crippen molar-refractivity contribution in [1.82, 2.24) is 4.90 Å². The van der Waals surface area contributed by atoms with E-state index in [1.54, 1.807) is 18.2 Å². The lowest BCUT2D eigenvalue weighted by atomic mass is 9.85. The number of ketones is 1. The van der Waals surface area contributed by atoms with Crippen molar-refractivity contribution in [3.8, 4) is 11.5 Å². The van der Waals surface area contributed by atoms with Gasteiger partial charge in [0.05, 0.1) is 16.5 Å². The first-order valence-electron chi connectivity index (χ1n) is 12.1. The number of hydrogen-bond donors (Lipinski definition) is 1. The summed E-state index contributed by atoms with van der Waals surface area (Å²) in [5.41, 5.74) is 2.32. The van der Waals surface area contributed by atoms with Gasteiger partial charge in [-0.2, -0.15) is 0 Å². The number of aliphatic hydroxyl groups is 1. The van der Waals surface area contributed by atoms with Crippen LogP contribution in [0.3, 0.4) is 0 Å². The highest BCUT2D eigenvalue weighted by Gasteiger charge is 2.46. The first-order chi connectivity index (χ1) is 18.0. The molecule has 0 aromatic heterocycles. The first kappa shape index (κ1) is 25.0. The first-order valence-corrected chi connectivity index (χ1v) is 12.1.